The van der Waals surface area contributed by atoms with Gasteiger partial charge in [0, 0.05) is 38.2 Å². The van der Waals surface area contributed by atoms with E-state index in [-0.39, 0.29) is 36.5 Å². The molecule has 1 N–H and O–H groups in total. The van der Waals surface area contributed by atoms with Gasteiger partial charge in [-0.25, -0.2) is 0 Å². The zero-order valence-electron chi connectivity index (χ0n) is 27.4. The Balaban J connectivity index is 1.99. The maximum Gasteiger partial charge on any atom is 0.319 e. The standard InChI is InChI=1S/C31H57N3O7/c1-19-15-31(6,38-11)27(41-28-25(35)23(32(7)8)14-20(2)40-28)21(3)26(36)30(4,5)29(37)39-18-24(34(10)16-19)22-12-13-33(9)17-22/h19-25,27-28,35H,12-18H2,1-11H3/t19-,20-,21+,22?,23+,24-,25-,27-,28+,31-/m1/s1. The Morgan fingerprint density at radius 3 is 2.29 bits per heavy atom. The van der Waals surface area contributed by atoms with Crippen LogP contribution >= 0.6 is 0 Å². The highest BCUT2D eigenvalue weighted by Crippen LogP contribution is 2.38. The van der Waals surface area contributed by atoms with Gasteiger partial charge in [-0.15, -0.1) is 0 Å². The van der Waals surface area contributed by atoms with Gasteiger partial charge in [-0.3, -0.25) is 14.5 Å². The van der Waals surface area contributed by atoms with E-state index in [4.69, 9.17) is 18.9 Å². The van der Waals surface area contributed by atoms with E-state index in [2.05, 4.69) is 30.8 Å². The van der Waals surface area contributed by atoms with Gasteiger partial charge in [0.05, 0.1) is 17.8 Å². The number of aliphatic hydroxyl groups excluding tert-OH is 1. The van der Waals surface area contributed by atoms with Crippen molar-refractivity contribution >= 4 is 11.8 Å². The number of nitrogens with zero attached hydrogens (tertiary/aromatic N) is 3. The van der Waals surface area contributed by atoms with E-state index in [1.165, 1.54) is 0 Å². The van der Waals surface area contributed by atoms with Crippen LogP contribution in [0.2, 0.25) is 0 Å². The Morgan fingerprint density at radius 1 is 1.07 bits per heavy atom. The monoisotopic (exact) mass is 583 g/mol. The highest BCUT2D eigenvalue weighted by molar-refractivity contribution is 6.04. The smallest absolute Gasteiger partial charge is 0.319 e. The highest BCUT2D eigenvalue weighted by atomic mass is 16.7. The lowest BCUT2D eigenvalue weighted by Gasteiger charge is -2.47. The summed E-state index contributed by atoms with van der Waals surface area (Å²) in [5, 5.41) is 11.3. The van der Waals surface area contributed by atoms with Gasteiger partial charge in [-0.05, 0) is 93.5 Å². The molecular weight excluding hydrogens is 526 g/mol. The number of Topliss-reactive ketones (excluding diaryl/α,β-unsaturated/α-hetero) is 1. The first-order valence-corrected chi connectivity index (χ1v) is 15.3. The number of hydrogen-bond donors (Lipinski definition) is 1. The van der Waals surface area contributed by atoms with Crippen LogP contribution in [-0.4, -0.2) is 135 Å². The molecule has 238 valence electrons. The van der Waals surface area contributed by atoms with Crippen LogP contribution in [0, 0.1) is 23.2 Å². The van der Waals surface area contributed by atoms with Crippen LogP contribution in [0.3, 0.4) is 0 Å². The highest BCUT2D eigenvalue weighted by Gasteiger charge is 2.51. The first-order chi connectivity index (χ1) is 19.0. The summed E-state index contributed by atoms with van der Waals surface area (Å²) in [6.07, 6.45) is -0.482. The maximum atomic E-state index is 14.1. The van der Waals surface area contributed by atoms with Crippen molar-refractivity contribution in [2.75, 3.05) is 61.5 Å². The van der Waals surface area contributed by atoms with Crippen LogP contribution in [-0.2, 0) is 28.5 Å². The number of esters is 1. The summed E-state index contributed by atoms with van der Waals surface area (Å²) in [4.78, 5) is 34.2. The van der Waals surface area contributed by atoms with Gasteiger partial charge in [-0.1, -0.05) is 13.8 Å². The summed E-state index contributed by atoms with van der Waals surface area (Å²) in [6.45, 7) is 14.1. The summed E-state index contributed by atoms with van der Waals surface area (Å²) >= 11 is 0. The van der Waals surface area contributed by atoms with E-state index < -0.39 is 41.4 Å². The Bertz CT molecular complexity index is 901. The van der Waals surface area contributed by atoms with Crippen molar-refractivity contribution in [3.63, 3.8) is 0 Å². The Morgan fingerprint density at radius 2 is 1.73 bits per heavy atom. The number of aliphatic hydroxyl groups is 1. The van der Waals surface area contributed by atoms with Gasteiger partial charge in [0.1, 0.15) is 18.1 Å². The van der Waals surface area contributed by atoms with Gasteiger partial charge >= 0.3 is 5.97 Å². The summed E-state index contributed by atoms with van der Waals surface area (Å²) in [6, 6.07) is -0.115. The minimum Gasteiger partial charge on any atom is -0.463 e. The van der Waals surface area contributed by atoms with Crippen LogP contribution in [0.4, 0.5) is 0 Å². The van der Waals surface area contributed by atoms with Crippen molar-refractivity contribution < 1.29 is 33.6 Å². The third kappa shape index (κ3) is 7.69. The molecule has 3 fully saturated rings. The van der Waals surface area contributed by atoms with E-state index in [9.17, 15) is 14.7 Å². The van der Waals surface area contributed by atoms with Crippen LogP contribution in [0.25, 0.3) is 0 Å². The van der Waals surface area contributed by atoms with Crippen molar-refractivity contribution in [3.8, 4) is 0 Å². The fraction of sp³-hybridized carbons (Fsp3) is 0.935. The van der Waals surface area contributed by atoms with Crippen LogP contribution in [0.5, 0.6) is 0 Å². The fourth-order valence-corrected chi connectivity index (χ4v) is 7.34. The predicted octanol–water partition coefficient (Wildman–Crippen LogP) is 2.27. The zero-order chi connectivity index (χ0) is 30.9. The molecule has 0 saturated carbocycles. The SMILES string of the molecule is CO[C@]1(C)C[C@@H](C)CN(C)[C@@H](C2CCN(C)C2)COC(=O)C(C)(C)C(=O)[C@H](C)[C@H]1O[C@@H]1O[C@H](C)C[C@H](N(C)C)[C@H]1O. The number of likely N-dealkylation sites (N-methyl/N-ethyl adjacent to an activating group) is 2. The lowest BCUT2D eigenvalue weighted by Crippen LogP contribution is -2.59. The molecule has 10 heteroatoms. The topological polar surface area (TPSA) is 101 Å². The molecule has 0 aromatic heterocycles. The molecule has 0 aliphatic carbocycles. The number of carbonyl (C=O) groups excluding carboxylic acids is 2. The van der Waals surface area contributed by atoms with Crippen molar-refractivity contribution in [2.45, 2.75) is 103 Å². The van der Waals surface area contributed by atoms with E-state index in [0.29, 0.717) is 18.8 Å². The number of ketones is 1. The van der Waals surface area contributed by atoms with Crippen LogP contribution < -0.4 is 0 Å². The summed E-state index contributed by atoms with van der Waals surface area (Å²) in [7, 11) is 9.71. The Labute approximate surface area is 248 Å². The van der Waals surface area contributed by atoms with Gasteiger partial charge in [-0.2, -0.15) is 0 Å². The van der Waals surface area contributed by atoms with Gasteiger partial charge in [0.15, 0.2) is 12.1 Å². The molecule has 1 unspecified atom stereocenters. The number of carbonyl (C=O) groups is 2. The maximum absolute atomic E-state index is 14.1. The van der Waals surface area contributed by atoms with Gasteiger partial charge in [0.25, 0.3) is 0 Å². The largest absolute Gasteiger partial charge is 0.463 e. The molecule has 0 aromatic carbocycles. The Hall–Kier alpha value is -1.14. The number of likely N-dealkylation sites (tertiary alicyclic amines) is 1. The molecule has 0 aromatic rings. The molecule has 3 aliphatic rings. The average Bonchev–Trinajstić information content (AvgIpc) is 3.32. The van der Waals surface area contributed by atoms with Gasteiger partial charge < -0.3 is 33.9 Å². The molecule has 0 amide bonds. The quantitative estimate of drug-likeness (QED) is 0.383. The molecule has 10 nitrogen and oxygen atoms in total. The molecule has 0 bridgehead atoms. The molecule has 3 aliphatic heterocycles. The molecule has 10 atom stereocenters. The number of methoxy groups -OCH3 is 1. The zero-order valence-corrected chi connectivity index (χ0v) is 27.4. The summed E-state index contributed by atoms with van der Waals surface area (Å²) in [5.41, 5.74) is -2.29. The second-order valence-electron chi connectivity index (χ2n) is 14.1. The molecule has 0 radical (unpaired) electrons. The fourth-order valence-electron chi connectivity index (χ4n) is 7.34. The van der Waals surface area contributed by atoms with E-state index in [1.54, 1.807) is 27.9 Å². The van der Waals surface area contributed by atoms with Crippen LogP contribution in [0.15, 0.2) is 0 Å². The van der Waals surface area contributed by atoms with E-state index >= 15 is 0 Å². The number of cyclic esters (lactones) is 1. The third-order valence-electron chi connectivity index (χ3n) is 9.90. The number of rotatable bonds is 5. The lowest BCUT2D eigenvalue weighted by atomic mass is 9.74. The van der Waals surface area contributed by atoms with Crippen LogP contribution in [0.1, 0.15) is 60.8 Å². The first-order valence-electron chi connectivity index (χ1n) is 15.3. The molecule has 3 rings (SSSR count). The van der Waals surface area contributed by atoms with Crippen molar-refractivity contribution in [1.29, 1.82) is 0 Å². The summed E-state index contributed by atoms with van der Waals surface area (Å²) in [5.74, 6) is -1.00. The normalized spacial score (nSPS) is 42.4. The number of ether oxygens (including phenoxy) is 4. The Kier molecular flexibility index (Phi) is 11.4. The van der Waals surface area contributed by atoms with Crippen molar-refractivity contribution in [1.82, 2.24) is 14.7 Å². The molecule has 3 heterocycles. The first kappa shape index (κ1) is 34.4. The number of hydrogen-bond acceptors (Lipinski definition) is 10. The second-order valence-corrected chi connectivity index (χ2v) is 14.1. The van der Waals surface area contributed by atoms with E-state index in [1.807, 2.05) is 32.8 Å². The van der Waals surface area contributed by atoms with Crippen molar-refractivity contribution in [2.24, 2.45) is 23.2 Å². The minimum atomic E-state index is -1.39. The van der Waals surface area contributed by atoms with Gasteiger partial charge in [0.2, 0.25) is 0 Å². The second kappa shape index (κ2) is 13.7. The third-order valence-corrected chi connectivity index (χ3v) is 9.90. The molecule has 41 heavy (non-hydrogen) atoms. The summed E-state index contributed by atoms with van der Waals surface area (Å²) < 4.78 is 24.9. The molecule has 3 saturated heterocycles. The average molecular weight is 584 g/mol. The lowest BCUT2D eigenvalue weighted by molar-refractivity contribution is -0.295. The molecule has 0 spiro atoms. The van der Waals surface area contributed by atoms with E-state index in [0.717, 1.165) is 26.1 Å². The minimum absolute atomic E-state index is 0.0477. The predicted molar refractivity (Wildman–Crippen MR) is 157 cm³/mol. The van der Waals surface area contributed by atoms with Crippen molar-refractivity contribution in [3.05, 3.63) is 0 Å². The molecular formula is C31H57N3O7.